The lowest BCUT2D eigenvalue weighted by atomic mass is 10.1. The molecule has 0 aliphatic rings. The Bertz CT molecular complexity index is 493. The van der Waals surface area contributed by atoms with Gasteiger partial charge in [-0.3, -0.25) is 15.2 Å². The van der Waals surface area contributed by atoms with Gasteiger partial charge in [0.05, 0.1) is 10.6 Å². The van der Waals surface area contributed by atoms with E-state index in [0.717, 1.165) is 0 Å². The molecule has 6 nitrogen and oxygen atoms in total. The van der Waals surface area contributed by atoms with E-state index in [1.807, 2.05) is 0 Å². The van der Waals surface area contributed by atoms with Gasteiger partial charge in [-0.25, -0.2) is 0 Å². The number of rotatable bonds is 2. The average molecular weight is 205 g/mol. The molecule has 15 heavy (non-hydrogen) atoms. The van der Waals surface area contributed by atoms with Gasteiger partial charge in [0, 0.05) is 23.9 Å². The topological polar surface area (TPSA) is 92.1 Å². The van der Waals surface area contributed by atoms with Crippen LogP contribution < -0.4 is 0 Å². The van der Waals surface area contributed by atoms with Gasteiger partial charge in [-0.15, -0.1) is 0 Å². The Kier molecular flexibility index (Phi) is 2.09. The van der Waals surface area contributed by atoms with Crippen molar-refractivity contribution in [2.75, 3.05) is 0 Å². The molecule has 1 heterocycles. The van der Waals surface area contributed by atoms with Gasteiger partial charge in [0.1, 0.15) is 5.75 Å². The molecular weight excluding hydrogens is 198 g/mol. The predicted octanol–water partition coefficient (Wildman–Crippen LogP) is 1.69. The molecule has 2 N–H and O–H groups in total. The number of benzene rings is 1. The Morgan fingerprint density at radius 2 is 2.20 bits per heavy atom. The molecule has 0 aliphatic carbocycles. The number of aromatic hydroxyl groups is 1. The zero-order chi connectivity index (χ0) is 10.8. The molecule has 0 aliphatic heterocycles. The van der Waals surface area contributed by atoms with Crippen LogP contribution in [0.25, 0.3) is 11.3 Å². The van der Waals surface area contributed by atoms with Gasteiger partial charge in [0.15, 0.2) is 0 Å². The lowest BCUT2D eigenvalue weighted by Crippen LogP contribution is -1.88. The molecule has 2 aromatic rings. The second-order valence-electron chi connectivity index (χ2n) is 2.93. The number of aromatic amines is 1. The lowest BCUT2D eigenvalue weighted by Gasteiger charge is -2.00. The monoisotopic (exact) mass is 205 g/mol. The Balaban J connectivity index is 2.55. The van der Waals surface area contributed by atoms with Crippen molar-refractivity contribution >= 4 is 5.69 Å². The smallest absolute Gasteiger partial charge is 0.270 e. The number of hydrogen-bond acceptors (Lipinski definition) is 4. The fourth-order valence-corrected chi connectivity index (χ4v) is 1.26. The predicted molar refractivity (Wildman–Crippen MR) is 52.3 cm³/mol. The van der Waals surface area contributed by atoms with Crippen LogP contribution in [0.3, 0.4) is 0 Å². The van der Waals surface area contributed by atoms with Crippen molar-refractivity contribution in [1.82, 2.24) is 10.2 Å². The Morgan fingerprint density at radius 1 is 1.40 bits per heavy atom. The second-order valence-corrected chi connectivity index (χ2v) is 2.93. The summed E-state index contributed by atoms with van der Waals surface area (Å²) in [6.07, 6.45) is 1.51. The molecule has 1 aromatic carbocycles. The molecule has 0 saturated heterocycles. The molecule has 0 amide bonds. The first-order valence-corrected chi connectivity index (χ1v) is 4.15. The molecule has 0 radical (unpaired) electrons. The molecule has 1 aromatic heterocycles. The third-order valence-electron chi connectivity index (χ3n) is 1.98. The van der Waals surface area contributed by atoms with Crippen molar-refractivity contribution < 1.29 is 10.0 Å². The number of phenolic OH excluding ortho intramolecular Hbond substituents is 1. The molecule has 0 spiro atoms. The first-order chi connectivity index (χ1) is 7.18. The number of nitrogens with zero attached hydrogens (tertiary/aromatic N) is 2. The molecule has 2 rings (SSSR count). The van der Waals surface area contributed by atoms with Crippen molar-refractivity contribution in [3.63, 3.8) is 0 Å². The SMILES string of the molecule is O=[N+]([O-])c1ccc(O)c(-c2ccn[nH]2)c1. The average Bonchev–Trinajstić information content (AvgIpc) is 2.71. The van der Waals surface area contributed by atoms with Crippen LogP contribution in [0.15, 0.2) is 30.5 Å². The number of nitro benzene ring substituents is 1. The Hall–Kier alpha value is -2.37. The number of aromatic nitrogens is 2. The standard InChI is InChI=1S/C9H7N3O3/c13-9-2-1-6(12(14)15)5-7(9)8-3-4-10-11-8/h1-5,13H,(H,10,11). The van der Waals surface area contributed by atoms with Crippen LogP contribution in [0.1, 0.15) is 0 Å². The summed E-state index contributed by atoms with van der Waals surface area (Å²) in [5.41, 5.74) is 0.829. The van der Waals surface area contributed by atoms with E-state index < -0.39 is 4.92 Å². The van der Waals surface area contributed by atoms with Gasteiger partial charge >= 0.3 is 0 Å². The van der Waals surface area contributed by atoms with Crippen LogP contribution in [0.2, 0.25) is 0 Å². The minimum Gasteiger partial charge on any atom is -0.507 e. The summed E-state index contributed by atoms with van der Waals surface area (Å²) < 4.78 is 0. The minimum absolute atomic E-state index is 0.0233. The fourth-order valence-electron chi connectivity index (χ4n) is 1.26. The minimum atomic E-state index is -0.515. The van der Waals surface area contributed by atoms with Gasteiger partial charge in [-0.05, 0) is 12.1 Å². The third-order valence-corrected chi connectivity index (χ3v) is 1.98. The Labute approximate surface area is 84.3 Å². The van der Waals surface area contributed by atoms with E-state index in [2.05, 4.69) is 10.2 Å². The van der Waals surface area contributed by atoms with Gasteiger partial charge in [-0.2, -0.15) is 5.10 Å². The van der Waals surface area contributed by atoms with E-state index in [1.54, 1.807) is 6.07 Å². The van der Waals surface area contributed by atoms with Crippen LogP contribution >= 0.6 is 0 Å². The first-order valence-electron chi connectivity index (χ1n) is 4.15. The molecule has 6 heteroatoms. The third kappa shape index (κ3) is 1.64. The van der Waals surface area contributed by atoms with Crippen LogP contribution in [0, 0.1) is 10.1 Å². The normalized spacial score (nSPS) is 10.1. The number of nitro groups is 1. The van der Waals surface area contributed by atoms with E-state index in [-0.39, 0.29) is 11.4 Å². The maximum atomic E-state index is 10.5. The van der Waals surface area contributed by atoms with E-state index in [9.17, 15) is 15.2 Å². The van der Waals surface area contributed by atoms with Crippen molar-refractivity contribution in [3.05, 3.63) is 40.6 Å². The summed E-state index contributed by atoms with van der Waals surface area (Å²) in [5.74, 6) is -0.0233. The second kappa shape index (κ2) is 3.41. The summed E-state index contributed by atoms with van der Waals surface area (Å²) in [6, 6.07) is 5.45. The fraction of sp³-hybridized carbons (Fsp3) is 0. The van der Waals surface area contributed by atoms with Gasteiger partial charge in [-0.1, -0.05) is 0 Å². The van der Waals surface area contributed by atoms with Crippen molar-refractivity contribution in [1.29, 1.82) is 0 Å². The van der Waals surface area contributed by atoms with E-state index in [4.69, 9.17) is 0 Å². The number of hydrogen-bond donors (Lipinski definition) is 2. The summed E-state index contributed by atoms with van der Waals surface area (Å²) in [7, 11) is 0. The van der Waals surface area contributed by atoms with Crippen molar-refractivity contribution in [2.45, 2.75) is 0 Å². The number of nitrogens with one attached hydrogen (secondary N) is 1. The summed E-state index contributed by atoms with van der Waals surface area (Å²) in [6.45, 7) is 0. The van der Waals surface area contributed by atoms with Crippen LogP contribution in [0.5, 0.6) is 5.75 Å². The molecule has 0 bridgehead atoms. The lowest BCUT2D eigenvalue weighted by molar-refractivity contribution is -0.384. The molecular formula is C9H7N3O3. The van der Waals surface area contributed by atoms with E-state index >= 15 is 0 Å². The quantitative estimate of drug-likeness (QED) is 0.576. The Morgan fingerprint density at radius 3 is 2.80 bits per heavy atom. The molecule has 0 fully saturated rings. The number of H-pyrrole nitrogens is 1. The number of phenols is 1. The van der Waals surface area contributed by atoms with Crippen LogP contribution in [0.4, 0.5) is 5.69 Å². The molecule has 76 valence electrons. The summed E-state index contributed by atoms with van der Waals surface area (Å²) in [5, 5.41) is 26.4. The largest absolute Gasteiger partial charge is 0.507 e. The summed E-state index contributed by atoms with van der Waals surface area (Å²) in [4.78, 5) is 10.0. The van der Waals surface area contributed by atoms with Crippen LogP contribution in [-0.4, -0.2) is 20.2 Å². The highest BCUT2D eigenvalue weighted by Gasteiger charge is 2.12. The highest BCUT2D eigenvalue weighted by Crippen LogP contribution is 2.30. The highest BCUT2D eigenvalue weighted by atomic mass is 16.6. The van der Waals surface area contributed by atoms with E-state index in [1.165, 1.54) is 24.4 Å². The van der Waals surface area contributed by atoms with Gasteiger partial charge in [0.2, 0.25) is 0 Å². The van der Waals surface area contributed by atoms with Gasteiger partial charge in [0.25, 0.3) is 5.69 Å². The van der Waals surface area contributed by atoms with Crippen molar-refractivity contribution in [3.8, 4) is 17.0 Å². The molecule has 0 unspecified atom stereocenters. The highest BCUT2D eigenvalue weighted by molar-refractivity contribution is 5.69. The van der Waals surface area contributed by atoms with Crippen LogP contribution in [-0.2, 0) is 0 Å². The first kappa shape index (κ1) is 9.20. The number of non-ortho nitro benzene ring substituents is 1. The maximum Gasteiger partial charge on any atom is 0.270 e. The van der Waals surface area contributed by atoms with E-state index in [0.29, 0.717) is 11.3 Å². The zero-order valence-corrected chi connectivity index (χ0v) is 7.54. The van der Waals surface area contributed by atoms with Crippen molar-refractivity contribution in [2.24, 2.45) is 0 Å². The zero-order valence-electron chi connectivity index (χ0n) is 7.54. The summed E-state index contributed by atoms with van der Waals surface area (Å²) >= 11 is 0. The molecule has 0 atom stereocenters. The van der Waals surface area contributed by atoms with Gasteiger partial charge < -0.3 is 5.11 Å². The maximum absolute atomic E-state index is 10.5. The molecule has 0 saturated carbocycles.